The monoisotopic (exact) mass is 291 g/mol. The number of benzene rings is 2. The van der Waals surface area contributed by atoms with Gasteiger partial charge in [-0.2, -0.15) is 5.26 Å². The molecular weight excluding hydrogens is 285 g/mol. The number of rotatable bonds is 3. The molecule has 2 rings (SSSR count). The molecule has 0 radical (unpaired) electrons. The Morgan fingerprint density at radius 3 is 2.65 bits per heavy atom. The Kier molecular flexibility index (Phi) is 3.87. The highest BCUT2D eigenvalue weighted by atomic mass is 35.5. The maximum atomic E-state index is 13.4. The van der Waals surface area contributed by atoms with Gasteiger partial charge in [-0.05, 0) is 30.3 Å². The molecule has 2 aromatic carbocycles. The maximum Gasteiger partial charge on any atom is 0.339 e. The minimum Gasteiger partial charge on any atom is -0.478 e. The first kappa shape index (κ1) is 13.8. The summed E-state index contributed by atoms with van der Waals surface area (Å²) in [6, 6.07) is 9.40. The van der Waals surface area contributed by atoms with Gasteiger partial charge in [0.1, 0.15) is 28.9 Å². The van der Waals surface area contributed by atoms with Crippen LogP contribution in [0.15, 0.2) is 36.4 Å². The molecule has 2 aromatic rings. The van der Waals surface area contributed by atoms with Crippen molar-refractivity contribution in [3.8, 4) is 17.6 Å². The molecule has 0 fully saturated rings. The highest BCUT2D eigenvalue weighted by Gasteiger charge is 2.13. The third kappa shape index (κ3) is 2.87. The van der Waals surface area contributed by atoms with Gasteiger partial charge in [0.2, 0.25) is 0 Å². The lowest BCUT2D eigenvalue weighted by Gasteiger charge is -2.09. The molecule has 0 aliphatic rings. The molecule has 0 atom stereocenters. The van der Waals surface area contributed by atoms with Crippen LogP contribution in [0.3, 0.4) is 0 Å². The van der Waals surface area contributed by atoms with Gasteiger partial charge in [-0.25, -0.2) is 9.18 Å². The molecule has 0 saturated heterocycles. The SMILES string of the molecule is N#Cc1ccc(Oc2ccc(Cl)cc2C(=O)O)cc1F. The van der Waals surface area contributed by atoms with Gasteiger partial charge >= 0.3 is 5.97 Å². The van der Waals surface area contributed by atoms with Crippen molar-refractivity contribution >= 4 is 17.6 Å². The number of ether oxygens (including phenoxy) is 1. The highest BCUT2D eigenvalue weighted by Crippen LogP contribution is 2.28. The van der Waals surface area contributed by atoms with Crippen molar-refractivity contribution in [1.82, 2.24) is 0 Å². The summed E-state index contributed by atoms with van der Waals surface area (Å²) in [5.41, 5.74) is -0.255. The number of halogens is 2. The number of hydrogen-bond donors (Lipinski definition) is 1. The van der Waals surface area contributed by atoms with Gasteiger partial charge in [-0.3, -0.25) is 0 Å². The number of aromatic carboxylic acids is 1. The number of carbonyl (C=O) groups is 1. The van der Waals surface area contributed by atoms with E-state index in [-0.39, 0.29) is 27.6 Å². The zero-order valence-corrected chi connectivity index (χ0v) is 10.7. The molecule has 0 aliphatic heterocycles. The molecule has 4 nitrogen and oxygen atoms in total. The van der Waals surface area contributed by atoms with Crippen LogP contribution in [-0.4, -0.2) is 11.1 Å². The molecule has 100 valence electrons. The van der Waals surface area contributed by atoms with Crippen molar-refractivity contribution in [3.05, 3.63) is 58.4 Å². The lowest BCUT2D eigenvalue weighted by molar-refractivity contribution is 0.0694. The molecule has 0 bridgehead atoms. The Balaban J connectivity index is 2.38. The minimum atomic E-state index is -1.21. The third-order valence-electron chi connectivity index (χ3n) is 2.46. The number of carboxylic acids is 1. The zero-order chi connectivity index (χ0) is 14.7. The van der Waals surface area contributed by atoms with Crippen molar-refractivity contribution in [2.24, 2.45) is 0 Å². The third-order valence-corrected chi connectivity index (χ3v) is 2.70. The van der Waals surface area contributed by atoms with Crippen molar-refractivity contribution in [1.29, 1.82) is 5.26 Å². The molecule has 6 heteroatoms. The lowest BCUT2D eigenvalue weighted by atomic mass is 10.2. The minimum absolute atomic E-state index is 0.0333. The summed E-state index contributed by atoms with van der Waals surface area (Å²) in [5, 5.41) is 17.9. The van der Waals surface area contributed by atoms with Crippen LogP contribution in [0.5, 0.6) is 11.5 Å². The van der Waals surface area contributed by atoms with E-state index in [4.69, 9.17) is 26.7 Å². The van der Waals surface area contributed by atoms with Gasteiger partial charge in [-0.15, -0.1) is 0 Å². The van der Waals surface area contributed by atoms with Gasteiger partial charge in [-0.1, -0.05) is 11.6 Å². The Morgan fingerprint density at radius 2 is 2.05 bits per heavy atom. The molecule has 0 spiro atoms. The molecular formula is C14H7ClFNO3. The Labute approximate surface area is 118 Å². The largest absolute Gasteiger partial charge is 0.478 e. The molecule has 0 aliphatic carbocycles. The number of carboxylic acid groups (broad SMARTS) is 1. The molecule has 0 heterocycles. The van der Waals surface area contributed by atoms with Crippen LogP contribution in [-0.2, 0) is 0 Å². The summed E-state index contributed by atoms with van der Waals surface area (Å²) in [5.74, 6) is -1.83. The highest BCUT2D eigenvalue weighted by molar-refractivity contribution is 6.31. The van der Waals surface area contributed by atoms with Gasteiger partial charge in [0, 0.05) is 11.1 Å². The molecule has 0 aromatic heterocycles. The predicted octanol–water partition coefficient (Wildman–Crippen LogP) is 3.84. The van der Waals surface area contributed by atoms with Crippen LogP contribution in [0.4, 0.5) is 4.39 Å². The van der Waals surface area contributed by atoms with E-state index in [0.717, 1.165) is 6.07 Å². The van der Waals surface area contributed by atoms with E-state index in [1.54, 1.807) is 6.07 Å². The van der Waals surface area contributed by atoms with E-state index >= 15 is 0 Å². The smallest absolute Gasteiger partial charge is 0.339 e. The van der Waals surface area contributed by atoms with E-state index in [1.807, 2.05) is 0 Å². The number of nitrogens with zero attached hydrogens (tertiary/aromatic N) is 1. The average molecular weight is 292 g/mol. The second-order valence-corrected chi connectivity index (χ2v) is 4.24. The fourth-order valence-corrected chi connectivity index (χ4v) is 1.71. The fraction of sp³-hybridized carbons (Fsp3) is 0. The van der Waals surface area contributed by atoms with Crippen molar-refractivity contribution in [2.45, 2.75) is 0 Å². The first-order chi connectivity index (χ1) is 9.51. The lowest BCUT2D eigenvalue weighted by Crippen LogP contribution is -2.00. The quantitative estimate of drug-likeness (QED) is 0.932. The summed E-state index contributed by atoms with van der Waals surface area (Å²) >= 11 is 5.71. The van der Waals surface area contributed by atoms with E-state index in [2.05, 4.69) is 0 Å². The molecule has 0 amide bonds. The van der Waals surface area contributed by atoms with Gasteiger partial charge in [0.15, 0.2) is 0 Å². The van der Waals surface area contributed by atoms with Crippen LogP contribution >= 0.6 is 11.6 Å². The van der Waals surface area contributed by atoms with Crippen LogP contribution in [0.25, 0.3) is 0 Å². The van der Waals surface area contributed by atoms with E-state index < -0.39 is 11.8 Å². The summed E-state index contributed by atoms with van der Waals surface area (Å²) in [6.07, 6.45) is 0. The van der Waals surface area contributed by atoms with Crippen LogP contribution in [0.1, 0.15) is 15.9 Å². The standard InChI is InChI=1S/C14H7ClFNO3/c15-9-2-4-13(11(5-9)14(18)19)20-10-3-1-8(7-17)12(16)6-10/h1-6H,(H,18,19). The van der Waals surface area contributed by atoms with E-state index in [9.17, 15) is 9.18 Å². The first-order valence-corrected chi connectivity index (χ1v) is 5.79. The molecule has 20 heavy (non-hydrogen) atoms. The second kappa shape index (κ2) is 5.59. The molecule has 1 N–H and O–H groups in total. The van der Waals surface area contributed by atoms with E-state index in [0.29, 0.717) is 0 Å². The first-order valence-electron chi connectivity index (χ1n) is 5.41. The topological polar surface area (TPSA) is 70.3 Å². The Hall–Kier alpha value is -2.58. The summed E-state index contributed by atoms with van der Waals surface area (Å²) in [7, 11) is 0. The maximum absolute atomic E-state index is 13.4. The van der Waals surface area contributed by atoms with Crippen LogP contribution < -0.4 is 4.74 Å². The van der Waals surface area contributed by atoms with Gasteiger partial charge in [0.25, 0.3) is 0 Å². The zero-order valence-electron chi connectivity index (χ0n) is 9.93. The van der Waals surface area contributed by atoms with Crippen molar-refractivity contribution in [2.75, 3.05) is 0 Å². The second-order valence-electron chi connectivity index (χ2n) is 3.80. The molecule has 0 saturated carbocycles. The normalized spacial score (nSPS) is 9.85. The van der Waals surface area contributed by atoms with Crippen molar-refractivity contribution in [3.63, 3.8) is 0 Å². The summed E-state index contributed by atoms with van der Waals surface area (Å²) in [4.78, 5) is 11.1. The summed E-state index contributed by atoms with van der Waals surface area (Å²) < 4.78 is 18.8. The fourth-order valence-electron chi connectivity index (χ4n) is 1.54. The Morgan fingerprint density at radius 1 is 1.30 bits per heavy atom. The van der Waals surface area contributed by atoms with E-state index in [1.165, 1.54) is 30.3 Å². The van der Waals surface area contributed by atoms with Gasteiger partial charge < -0.3 is 9.84 Å². The Bertz CT molecular complexity index is 725. The molecule has 0 unspecified atom stereocenters. The number of nitriles is 1. The van der Waals surface area contributed by atoms with Crippen molar-refractivity contribution < 1.29 is 19.0 Å². The predicted molar refractivity (Wildman–Crippen MR) is 69.6 cm³/mol. The average Bonchev–Trinajstić information content (AvgIpc) is 2.41. The van der Waals surface area contributed by atoms with Gasteiger partial charge in [0.05, 0.1) is 5.56 Å². The number of hydrogen-bond acceptors (Lipinski definition) is 3. The summed E-state index contributed by atoms with van der Waals surface area (Å²) in [6.45, 7) is 0. The van der Waals surface area contributed by atoms with Crippen LogP contribution in [0, 0.1) is 17.1 Å². The van der Waals surface area contributed by atoms with Crippen LogP contribution in [0.2, 0.25) is 5.02 Å².